The van der Waals surface area contributed by atoms with E-state index in [4.69, 9.17) is 12.6 Å². The summed E-state index contributed by atoms with van der Waals surface area (Å²) in [5, 5.41) is 2.49. The minimum atomic E-state index is -3.19. The molecule has 0 aliphatic carbocycles. The molecule has 0 saturated carbocycles. The molecule has 0 aromatic heterocycles. The van der Waals surface area contributed by atoms with Crippen molar-refractivity contribution in [3.8, 4) is 0 Å². The molecule has 3 aromatic carbocycles. The molecule has 131 valence electrons. The molecule has 2 nitrogen and oxygen atoms in total. The molecule has 1 aliphatic heterocycles. The van der Waals surface area contributed by atoms with E-state index in [-0.39, 0.29) is 5.25 Å². The third-order valence-electron chi connectivity index (χ3n) is 4.37. The predicted molar refractivity (Wildman–Crippen MR) is 116 cm³/mol. The van der Waals surface area contributed by atoms with Crippen molar-refractivity contribution in [2.45, 2.75) is 10.1 Å². The lowest BCUT2D eigenvalue weighted by molar-refractivity contribution is 0.602. The molecule has 1 aliphatic rings. The molecule has 0 fully saturated rings. The molecular formula is C20H15O2S4. The maximum Gasteiger partial charge on any atom is 0.175 e. The van der Waals surface area contributed by atoms with Gasteiger partial charge in [-0.2, -0.15) is 0 Å². The van der Waals surface area contributed by atoms with E-state index in [1.807, 2.05) is 24.3 Å². The van der Waals surface area contributed by atoms with Gasteiger partial charge in [0.2, 0.25) is 0 Å². The Labute approximate surface area is 166 Å². The lowest BCUT2D eigenvalue weighted by Crippen LogP contribution is -1.99. The standard InChI is InChI=1S/C20H15O2S4/c1-26(21,22)17-10-8-14(9-11-17)19-18(20(23)25-24-19)16-7-6-13-4-2-3-5-15(13)12-16/h2-12,19H,1H3. The number of hydrogen-bond acceptors (Lipinski definition) is 4. The Hall–Kier alpha value is -1.47. The minimum absolute atomic E-state index is 0.0993. The summed E-state index contributed by atoms with van der Waals surface area (Å²) in [5.41, 5.74) is 3.33. The SMILES string of the molecule is CS(=O)(=O)c1ccc(C2SSC([S])=C2c2ccc3ccccc3c2)cc1. The number of hydrogen-bond donors (Lipinski definition) is 0. The Bertz CT molecular complexity index is 1120. The van der Waals surface area contributed by atoms with Crippen LogP contribution in [0.3, 0.4) is 0 Å². The van der Waals surface area contributed by atoms with Gasteiger partial charge < -0.3 is 0 Å². The second kappa shape index (κ2) is 6.93. The van der Waals surface area contributed by atoms with Crippen LogP contribution in [0.15, 0.2) is 75.9 Å². The maximum atomic E-state index is 11.7. The summed E-state index contributed by atoms with van der Waals surface area (Å²) in [6.07, 6.45) is 1.23. The quantitative estimate of drug-likeness (QED) is 0.474. The van der Waals surface area contributed by atoms with Gasteiger partial charge in [0.1, 0.15) is 0 Å². The normalized spacial score (nSPS) is 17.8. The molecule has 0 amide bonds. The highest BCUT2D eigenvalue weighted by Gasteiger charge is 2.29. The molecule has 3 aromatic rings. The van der Waals surface area contributed by atoms with Crippen LogP contribution in [0.2, 0.25) is 0 Å². The van der Waals surface area contributed by atoms with Gasteiger partial charge in [-0.15, -0.1) is 0 Å². The van der Waals surface area contributed by atoms with Crippen molar-refractivity contribution in [2.75, 3.05) is 6.26 Å². The van der Waals surface area contributed by atoms with E-state index in [1.54, 1.807) is 33.7 Å². The number of fused-ring (bicyclic) bond motifs is 1. The van der Waals surface area contributed by atoms with E-state index in [0.29, 0.717) is 4.90 Å². The summed E-state index contributed by atoms with van der Waals surface area (Å²) in [6.45, 7) is 0. The molecule has 6 heteroatoms. The zero-order chi connectivity index (χ0) is 18.3. The van der Waals surface area contributed by atoms with Crippen LogP contribution < -0.4 is 0 Å². The van der Waals surface area contributed by atoms with Crippen LogP contribution >= 0.6 is 34.2 Å². The summed E-state index contributed by atoms with van der Waals surface area (Å²) >= 11 is 5.62. The van der Waals surface area contributed by atoms with Crippen LogP contribution in [0.4, 0.5) is 0 Å². The second-order valence-electron chi connectivity index (χ2n) is 6.16. The van der Waals surface area contributed by atoms with E-state index < -0.39 is 9.84 Å². The highest BCUT2D eigenvalue weighted by molar-refractivity contribution is 8.80. The zero-order valence-corrected chi connectivity index (χ0v) is 17.1. The van der Waals surface area contributed by atoms with Crippen LogP contribution in [0, 0.1) is 0 Å². The summed E-state index contributed by atoms with van der Waals surface area (Å²) in [6, 6.07) is 21.8. The minimum Gasteiger partial charge on any atom is -0.224 e. The van der Waals surface area contributed by atoms with Gasteiger partial charge in [0.15, 0.2) is 9.84 Å². The fraction of sp³-hybridized carbons (Fsp3) is 0.100. The molecule has 1 unspecified atom stereocenters. The smallest absolute Gasteiger partial charge is 0.175 e. The lowest BCUT2D eigenvalue weighted by atomic mass is 9.96. The van der Waals surface area contributed by atoms with Crippen LogP contribution in [0.5, 0.6) is 0 Å². The fourth-order valence-electron chi connectivity index (χ4n) is 3.03. The van der Waals surface area contributed by atoms with Gasteiger partial charge in [-0.05, 0) is 50.9 Å². The average Bonchev–Trinajstić information content (AvgIpc) is 3.02. The molecule has 1 heterocycles. The second-order valence-corrected chi connectivity index (χ2v) is 11.2. The first kappa shape index (κ1) is 17.9. The highest BCUT2D eigenvalue weighted by atomic mass is 33.1. The third-order valence-corrected chi connectivity index (χ3v) is 8.82. The monoisotopic (exact) mass is 415 g/mol. The summed E-state index contributed by atoms with van der Waals surface area (Å²) in [7, 11) is 0.137. The molecule has 0 bridgehead atoms. The first-order valence-electron chi connectivity index (χ1n) is 7.97. The Morgan fingerprint density at radius 1 is 0.923 bits per heavy atom. The fourth-order valence-corrected chi connectivity index (χ4v) is 6.97. The molecule has 0 N–H and O–H groups in total. The van der Waals surface area contributed by atoms with Gasteiger partial charge in [0, 0.05) is 11.8 Å². The first-order valence-corrected chi connectivity index (χ1v) is 12.5. The van der Waals surface area contributed by atoms with Crippen molar-refractivity contribution in [3.05, 3.63) is 82.1 Å². The van der Waals surface area contributed by atoms with Crippen molar-refractivity contribution < 1.29 is 8.42 Å². The summed E-state index contributed by atoms with van der Waals surface area (Å²) in [4.78, 5) is 0.340. The van der Waals surface area contributed by atoms with Gasteiger partial charge in [0.25, 0.3) is 0 Å². The molecule has 1 atom stereocenters. The predicted octanol–water partition coefficient (Wildman–Crippen LogP) is 6.25. The van der Waals surface area contributed by atoms with Gasteiger partial charge in [-0.1, -0.05) is 72.0 Å². The van der Waals surface area contributed by atoms with Crippen LogP contribution in [-0.2, 0) is 9.84 Å². The highest BCUT2D eigenvalue weighted by Crippen LogP contribution is 2.59. The van der Waals surface area contributed by atoms with Crippen molar-refractivity contribution in [1.29, 1.82) is 0 Å². The summed E-state index contributed by atoms with van der Waals surface area (Å²) < 4.78 is 24.3. The Kier molecular flexibility index (Phi) is 4.77. The van der Waals surface area contributed by atoms with Gasteiger partial charge in [0.05, 0.1) is 14.4 Å². The molecule has 0 saturated heterocycles. The third kappa shape index (κ3) is 3.39. The van der Waals surface area contributed by atoms with Crippen molar-refractivity contribution in [3.63, 3.8) is 0 Å². The number of benzene rings is 3. The Morgan fingerprint density at radius 3 is 2.31 bits per heavy atom. The van der Waals surface area contributed by atoms with Crippen LogP contribution in [0.25, 0.3) is 16.3 Å². The largest absolute Gasteiger partial charge is 0.224 e. The van der Waals surface area contributed by atoms with Gasteiger partial charge in [-0.3, -0.25) is 0 Å². The lowest BCUT2D eigenvalue weighted by Gasteiger charge is -2.15. The number of sulfone groups is 1. The zero-order valence-electron chi connectivity index (χ0n) is 13.9. The topological polar surface area (TPSA) is 34.1 Å². The Balaban J connectivity index is 1.75. The average molecular weight is 416 g/mol. The van der Waals surface area contributed by atoms with Crippen molar-refractivity contribution in [2.24, 2.45) is 0 Å². The van der Waals surface area contributed by atoms with Crippen molar-refractivity contribution in [1.82, 2.24) is 0 Å². The van der Waals surface area contributed by atoms with Gasteiger partial charge in [-0.25, -0.2) is 8.42 Å². The first-order chi connectivity index (χ1) is 12.4. The molecule has 1 radical (unpaired) electrons. The molecule has 26 heavy (non-hydrogen) atoms. The van der Waals surface area contributed by atoms with E-state index in [0.717, 1.165) is 20.9 Å². The van der Waals surface area contributed by atoms with E-state index in [9.17, 15) is 8.42 Å². The molecule has 4 rings (SSSR count). The molecule has 0 spiro atoms. The van der Waals surface area contributed by atoms with Crippen LogP contribution in [-0.4, -0.2) is 14.7 Å². The van der Waals surface area contributed by atoms with E-state index >= 15 is 0 Å². The Morgan fingerprint density at radius 2 is 1.62 bits per heavy atom. The van der Waals surface area contributed by atoms with Crippen molar-refractivity contribution >= 4 is 60.4 Å². The van der Waals surface area contributed by atoms with Gasteiger partial charge >= 0.3 is 0 Å². The summed E-state index contributed by atoms with van der Waals surface area (Å²) in [5.74, 6) is 0. The van der Waals surface area contributed by atoms with E-state index in [2.05, 4.69) is 30.3 Å². The molecular weight excluding hydrogens is 400 g/mol. The maximum absolute atomic E-state index is 11.7. The van der Waals surface area contributed by atoms with Crippen LogP contribution in [0.1, 0.15) is 16.4 Å². The number of rotatable bonds is 3. The van der Waals surface area contributed by atoms with E-state index in [1.165, 1.54) is 17.0 Å².